The predicted molar refractivity (Wildman–Crippen MR) is 53.9 cm³/mol. The van der Waals surface area contributed by atoms with E-state index in [1.165, 1.54) is 5.56 Å². The molecule has 0 aliphatic carbocycles. The third-order valence-corrected chi connectivity index (χ3v) is 2.26. The van der Waals surface area contributed by atoms with Crippen LogP contribution in [0.25, 0.3) is 0 Å². The van der Waals surface area contributed by atoms with E-state index < -0.39 is 0 Å². The molecule has 1 atom stereocenters. The van der Waals surface area contributed by atoms with Gasteiger partial charge in [0.25, 0.3) is 0 Å². The number of alkyl halides is 1. The van der Waals surface area contributed by atoms with Gasteiger partial charge in [-0.25, -0.2) is 0 Å². The number of rotatable bonds is 1. The lowest BCUT2D eigenvalue weighted by Gasteiger charge is -2.01. The van der Waals surface area contributed by atoms with Crippen LogP contribution in [-0.4, -0.2) is 0 Å². The molecule has 10 heavy (non-hydrogen) atoms. The van der Waals surface area contributed by atoms with Crippen LogP contribution in [0.2, 0.25) is 5.02 Å². The molecule has 1 rings (SSSR count). The number of hydrogen-bond acceptors (Lipinski definition) is 0. The maximum Gasteiger partial charge on any atom is 0.0409 e. The molecule has 1 aromatic rings. The lowest BCUT2D eigenvalue weighted by molar-refractivity contribution is 1.15. The Morgan fingerprint density at radius 2 is 2.20 bits per heavy atom. The van der Waals surface area contributed by atoms with Crippen LogP contribution in [0, 0.1) is 0 Å². The molecule has 0 fully saturated rings. The van der Waals surface area contributed by atoms with Gasteiger partial charge in [0.05, 0.1) is 0 Å². The largest absolute Gasteiger partial charge is 0.0843 e. The van der Waals surface area contributed by atoms with Crippen LogP contribution >= 0.6 is 34.2 Å². The highest BCUT2D eigenvalue weighted by atomic mass is 127. The van der Waals surface area contributed by atoms with Crippen LogP contribution in [0.3, 0.4) is 0 Å². The van der Waals surface area contributed by atoms with E-state index in [4.69, 9.17) is 11.6 Å². The van der Waals surface area contributed by atoms with Crippen molar-refractivity contribution >= 4 is 34.2 Å². The Labute approximate surface area is 79.7 Å². The molecule has 0 spiro atoms. The second kappa shape index (κ2) is 3.58. The topological polar surface area (TPSA) is 0 Å². The molecule has 0 aliphatic rings. The van der Waals surface area contributed by atoms with Crippen LogP contribution < -0.4 is 0 Å². The van der Waals surface area contributed by atoms with E-state index in [0.717, 1.165) is 5.02 Å². The van der Waals surface area contributed by atoms with Gasteiger partial charge in [0, 0.05) is 8.95 Å². The van der Waals surface area contributed by atoms with E-state index in [2.05, 4.69) is 35.6 Å². The van der Waals surface area contributed by atoms with Gasteiger partial charge in [0.2, 0.25) is 0 Å². The Balaban J connectivity index is 2.96. The van der Waals surface area contributed by atoms with E-state index in [-0.39, 0.29) is 0 Å². The smallest absolute Gasteiger partial charge is 0.0409 e. The Morgan fingerprint density at radius 1 is 1.50 bits per heavy atom. The molecular formula is C8H8ClI. The van der Waals surface area contributed by atoms with Crippen molar-refractivity contribution in [2.75, 3.05) is 0 Å². The second-order valence-electron chi connectivity index (χ2n) is 2.17. The van der Waals surface area contributed by atoms with E-state index in [1.54, 1.807) is 0 Å². The first kappa shape index (κ1) is 8.34. The van der Waals surface area contributed by atoms with Crippen molar-refractivity contribution in [1.82, 2.24) is 0 Å². The average molecular weight is 267 g/mol. The standard InChI is InChI=1S/C8H8ClI/c1-6(10)7-3-2-4-8(9)5-7/h2-6H,1H3. The number of hydrogen-bond donors (Lipinski definition) is 0. The summed E-state index contributed by atoms with van der Waals surface area (Å²) in [5.74, 6) is 0. The summed E-state index contributed by atoms with van der Waals surface area (Å²) in [6.07, 6.45) is 0. The van der Waals surface area contributed by atoms with Crippen LogP contribution in [-0.2, 0) is 0 Å². The summed E-state index contributed by atoms with van der Waals surface area (Å²) in [5, 5.41) is 0.820. The summed E-state index contributed by atoms with van der Waals surface area (Å²) in [5.41, 5.74) is 1.29. The average Bonchev–Trinajstić information content (AvgIpc) is 1.88. The second-order valence-corrected chi connectivity index (χ2v) is 4.48. The zero-order valence-corrected chi connectivity index (χ0v) is 8.56. The predicted octanol–water partition coefficient (Wildman–Crippen LogP) is 3.84. The molecular weight excluding hydrogens is 258 g/mol. The summed E-state index contributed by atoms with van der Waals surface area (Å²) >= 11 is 8.15. The van der Waals surface area contributed by atoms with Crippen molar-refractivity contribution in [3.05, 3.63) is 34.9 Å². The highest BCUT2D eigenvalue weighted by Crippen LogP contribution is 2.24. The maximum absolute atomic E-state index is 5.79. The molecule has 54 valence electrons. The molecule has 2 heteroatoms. The first-order chi connectivity index (χ1) is 4.70. The highest BCUT2D eigenvalue weighted by Gasteiger charge is 1.98. The zero-order valence-electron chi connectivity index (χ0n) is 5.64. The Morgan fingerprint density at radius 3 is 2.60 bits per heavy atom. The van der Waals surface area contributed by atoms with Crippen LogP contribution in [0.15, 0.2) is 24.3 Å². The maximum atomic E-state index is 5.79. The first-order valence-corrected chi connectivity index (χ1v) is 4.72. The van der Waals surface area contributed by atoms with Crippen LogP contribution in [0.5, 0.6) is 0 Å². The molecule has 0 heterocycles. The van der Waals surface area contributed by atoms with Crippen molar-refractivity contribution in [2.24, 2.45) is 0 Å². The molecule has 0 aliphatic heterocycles. The highest BCUT2D eigenvalue weighted by molar-refractivity contribution is 14.1. The SMILES string of the molecule is CC(I)c1cccc(Cl)c1. The molecule has 1 aromatic carbocycles. The minimum Gasteiger partial charge on any atom is -0.0843 e. The van der Waals surface area contributed by atoms with Gasteiger partial charge < -0.3 is 0 Å². The van der Waals surface area contributed by atoms with Crippen LogP contribution in [0.4, 0.5) is 0 Å². The normalized spacial score (nSPS) is 13.1. The molecule has 0 bridgehead atoms. The summed E-state index contributed by atoms with van der Waals surface area (Å²) in [7, 11) is 0. The monoisotopic (exact) mass is 266 g/mol. The molecule has 0 saturated carbocycles. The van der Waals surface area contributed by atoms with Gasteiger partial charge in [-0.2, -0.15) is 0 Å². The minimum absolute atomic E-state index is 0.538. The van der Waals surface area contributed by atoms with Gasteiger partial charge in [0.1, 0.15) is 0 Å². The van der Waals surface area contributed by atoms with Crippen molar-refractivity contribution in [3.8, 4) is 0 Å². The molecule has 0 nitrogen and oxygen atoms in total. The third kappa shape index (κ3) is 2.13. The summed E-state index contributed by atoms with van der Waals surface area (Å²) in [6, 6.07) is 7.96. The molecule has 0 N–H and O–H groups in total. The number of benzene rings is 1. The third-order valence-electron chi connectivity index (χ3n) is 1.31. The lowest BCUT2D eigenvalue weighted by Crippen LogP contribution is -1.80. The summed E-state index contributed by atoms with van der Waals surface area (Å²) in [6.45, 7) is 2.15. The Hall–Kier alpha value is 0.240. The summed E-state index contributed by atoms with van der Waals surface area (Å²) < 4.78 is 0.538. The number of halogens is 2. The zero-order chi connectivity index (χ0) is 7.56. The van der Waals surface area contributed by atoms with Crippen LogP contribution in [0.1, 0.15) is 16.4 Å². The minimum atomic E-state index is 0.538. The van der Waals surface area contributed by atoms with E-state index in [0.29, 0.717) is 3.92 Å². The van der Waals surface area contributed by atoms with Crippen molar-refractivity contribution in [2.45, 2.75) is 10.8 Å². The lowest BCUT2D eigenvalue weighted by atomic mass is 10.2. The van der Waals surface area contributed by atoms with Gasteiger partial charge >= 0.3 is 0 Å². The quantitative estimate of drug-likeness (QED) is 0.535. The molecule has 0 amide bonds. The van der Waals surface area contributed by atoms with Gasteiger partial charge in [-0.15, -0.1) is 0 Å². The fraction of sp³-hybridized carbons (Fsp3) is 0.250. The van der Waals surface area contributed by atoms with E-state index >= 15 is 0 Å². The van der Waals surface area contributed by atoms with Crippen molar-refractivity contribution in [3.63, 3.8) is 0 Å². The van der Waals surface area contributed by atoms with Gasteiger partial charge in [0.15, 0.2) is 0 Å². The van der Waals surface area contributed by atoms with Gasteiger partial charge in [-0.3, -0.25) is 0 Å². The van der Waals surface area contributed by atoms with E-state index in [9.17, 15) is 0 Å². The molecule has 0 radical (unpaired) electrons. The first-order valence-electron chi connectivity index (χ1n) is 3.09. The summed E-state index contributed by atoms with van der Waals surface area (Å²) in [4.78, 5) is 0. The van der Waals surface area contributed by atoms with E-state index in [1.807, 2.05) is 18.2 Å². The Bertz CT molecular complexity index is 220. The molecule has 0 saturated heterocycles. The molecule has 0 aromatic heterocycles. The fourth-order valence-corrected chi connectivity index (χ4v) is 1.34. The molecule has 1 unspecified atom stereocenters. The fourth-order valence-electron chi connectivity index (χ4n) is 0.754. The van der Waals surface area contributed by atoms with Gasteiger partial charge in [-0.05, 0) is 24.6 Å². The Kier molecular flexibility index (Phi) is 2.98. The van der Waals surface area contributed by atoms with Gasteiger partial charge in [-0.1, -0.05) is 46.3 Å². The van der Waals surface area contributed by atoms with Crippen molar-refractivity contribution < 1.29 is 0 Å². The van der Waals surface area contributed by atoms with Crippen molar-refractivity contribution in [1.29, 1.82) is 0 Å².